The number of rotatable bonds is 79. The highest BCUT2D eigenvalue weighted by Gasteiger charge is 2.30. The molecule has 3 N–H and O–H groups in total. The molecular formula is C82H160O17P2. The fourth-order valence-corrected chi connectivity index (χ4v) is 14.2. The van der Waals surface area contributed by atoms with E-state index in [2.05, 4.69) is 55.4 Å². The molecule has 101 heavy (non-hydrogen) atoms. The Morgan fingerprint density at radius 1 is 0.277 bits per heavy atom. The molecule has 4 unspecified atom stereocenters. The summed E-state index contributed by atoms with van der Waals surface area (Å²) in [6.07, 6.45) is 58.6. The predicted molar refractivity (Wildman–Crippen MR) is 414 cm³/mol. The van der Waals surface area contributed by atoms with Crippen LogP contribution in [0, 0.1) is 23.7 Å². The maximum atomic E-state index is 13.1. The fourth-order valence-electron chi connectivity index (χ4n) is 12.6. The standard InChI is InChI=1S/C82H160O17P2/c1-9-75(8)61-53-45-36-30-24-20-16-12-10-11-13-17-21-25-31-37-46-54-62-79(84)92-68-77(98-82(87)65-57-49-39-33-27-29-35-43-51-59-73(4)5)70-96-100(88,89)94-66-76(83)67-95-101(90,91)97-71-78(69-93-80(85)63-55-47-41-40-44-52-60-74(6)7)99-81(86)64-56-48-38-32-26-22-18-14-15-19-23-28-34-42-50-58-72(2)3/h72-78,83H,9-71H2,1-8H3,(H,88,89)(H,90,91)/t75?,76?,77-,78-/m1/s1. The average molecular weight is 1480 g/mol. The molecule has 17 nitrogen and oxygen atoms in total. The van der Waals surface area contributed by atoms with Gasteiger partial charge in [-0.15, -0.1) is 0 Å². The Balaban J connectivity index is 5.14. The van der Waals surface area contributed by atoms with E-state index in [1.54, 1.807) is 0 Å². The lowest BCUT2D eigenvalue weighted by Gasteiger charge is -2.21. The molecule has 0 aliphatic heterocycles. The van der Waals surface area contributed by atoms with Crippen LogP contribution >= 0.6 is 15.6 Å². The molecule has 0 heterocycles. The van der Waals surface area contributed by atoms with Crippen LogP contribution in [0.1, 0.15) is 421 Å². The van der Waals surface area contributed by atoms with E-state index in [1.165, 1.54) is 218 Å². The van der Waals surface area contributed by atoms with Crippen LogP contribution in [0.4, 0.5) is 0 Å². The number of carbonyl (C=O) groups is 4. The molecule has 0 aliphatic carbocycles. The lowest BCUT2D eigenvalue weighted by molar-refractivity contribution is -0.161. The topological polar surface area (TPSA) is 237 Å². The normalized spacial score (nSPS) is 14.3. The van der Waals surface area contributed by atoms with E-state index in [0.29, 0.717) is 31.6 Å². The molecule has 0 aromatic heterocycles. The van der Waals surface area contributed by atoms with Gasteiger partial charge in [-0.25, -0.2) is 9.13 Å². The van der Waals surface area contributed by atoms with Crippen molar-refractivity contribution in [3.05, 3.63) is 0 Å². The molecule has 0 radical (unpaired) electrons. The van der Waals surface area contributed by atoms with Gasteiger partial charge < -0.3 is 33.8 Å². The number of aliphatic hydroxyl groups is 1. The first kappa shape index (κ1) is 99.1. The van der Waals surface area contributed by atoms with Gasteiger partial charge in [-0.2, -0.15) is 0 Å². The van der Waals surface area contributed by atoms with Crippen LogP contribution in [-0.2, 0) is 65.4 Å². The summed E-state index contributed by atoms with van der Waals surface area (Å²) in [6, 6.07) is 0. The lowest BCUT2D eigenvalue weighted by Crippen LogP contribution is -2.30. The van der Waals surface area contributed by atoms with Crippen LogP contribution in [0.15, 0.2) is 0 Å². The van der Waals surface area contributed by atoms with Crippen molar-refractivity contribution in [2.75, 3.05) is 39.6 Å². The van der Waals surface area contributed by atoms with E-state index in [9.17, 15) is 43.2 Å². The highest BCUT2D eigenvalue weighted by molar-refractivity contribution is 7.47. The maximum absolute atomic E-state index is 13.1. The fraction of sp³-hybridized carbons (Fsp3) is 0.951. The van der Waals surface area contributed by atoms with E-state index in [4.69, 9.17) is 37.0 Å². The van der Waals surface area contributed by atoms with Crippen LogP contribution < -0.4 is 0 Å². The van der Waals surface area contributed by atoms with Gasteiger partial charge in [0.25, 0.3) is 0 Å². The molecule has 0 bridgehead atoms. The van der Waals surface area contributed by atoms with E-state index in [0.717, 1.165) is 114 Å². The minimum absolute atomic E-state index is 0.105. The van der Waals surface area contributed by atoms with Crippen LogP contribution in [-0.4, -0.2) is 96.7 Å². The van der Waals surface area contributed by atoms with E-state index in [1.807, 2.05) is 0 Å². The van der Waals surface area contributed by atoms with Gasteiger partial charge in [-0.3, -0.25) is 37.3 Å². The zero-order valence-corrected chi connectivity index (χ0v) is 68.3. The molecule has 0 aromatic carbocycles. The van der Waals surface area contributed by atoms with Gasteiger partial charge in [-0.1, -0.05) is 370 Å². The molecule has 0 fully saturated rings. The molecule has 600 valence electrons. The number of phosphoric ester groups is 2. The van der Waals surface area contributed by atoms with Gasteiger partial charge in [-0.05, 0) is 49.4 Å². The second kappa shape index (κ2) is 71.0. The monoisotopic (exact) mass is 1480 g/mol. The van der Waals surface area contributed by atoms with E-state index < -0.39 is 97.5 Å². The molecular weight excluding hydrogens is 1320 g/mol. The molecule has 0 saturated heterocycles. The third kappa shape index (κ3) is 74.7. The van der Waals surface area contributed by atoms with Gasteiger partial charge in [0, 0.05) is 25.7 Å². The number of unbranched alkanes of at least 4 members (excludes halogenated alkanes) is 44. The maximum Gasteiger partial charge on any atom is 0.472 e. The molecule has 0 aromatic rings. The molecule has 0 saturated carbocycles. The van der Waals surface area contributed by atoms with Crippen molar-refractivity contribution < 1.29 is 80.2 Å². The molecule has 0 amide bonds. The lowest BCUT2D eigenvalue weighted by atomic mass is 9.99. The number of phosphoric acid groups is 2. The summed E-state index contributed by atoms with van der Waals surface area (Å²) in [5, 5.41) is 10.6. The Hall–Kier alpha value is -1.94. The van der Waals surface area contributed by atoms with Crippen LogP contribution in [0.2, 0.25) is 0 Å². The van der Waals surface area contributed by atoms with Crippen molar-refractivity contribution in [2.24, 2.45) is 23.7 Å². The van der Waals surface area contributed by atoms with Crippen molar-refractivity contribution in [3.63, 3.8) is 0 Å². The van der Waals surface area contributed by atoms with Crippen molar-refractivity contribution >= 4 is 39.5 Å². The van der Waals surface area contributed by atoms with Crippen LogP contribution in [0.3, 0.4) is 0 Å². The number of hydrogen-bond acceptors (Lipinski definition) is 15. The molecule has 0 spiro atoms. The summed E-state index contributed by atoms with van der Waals surface area (Å²) in [4.78, 5) is 73.0. The first-order valence-corrected chi connectivity index (χ1v) is 45.2. The van der Waals surface area contributed by atoms with Gasteiger partial charge in [0.15, 0.2) is 12.2 Å². The van der Waals surface area contributed by atoms with Crippen LogP contribution in [0.25, 0.3) is 0 Å². The number of carbonyl (C=O) groups excluding carboxylic acids is 4. The highest BCUT2D eigenvalue weighted by atomic mass is 31.2. The first-order valence-electron chi connectivity index (χ1n) is 42.2. The summed E-state index contributed by atoms with van der Waals surface area (Å²) in [5.74, 6) is 0.975. The van der Waals surface area contributed by atoms with Crippen molar-refractivity contribution in [1.29, 1.82) is 0 Å². The van der Waals surface area contributed by atoms with E-state index >= 15 is 0 Å². The van der Waals surface area contributed by atoms with Gasteiger partial charge in [0.2, 0.25) is 0 Å². The third-order valence-corrected chi connectivity index (χ3v) is 21.3. The Labute approximate surface area is 619 Å². The smallest absolute Gasteiger partial charge is 0.462 e. The summed E-state index contributed by atoms with van der Waals surface area (Å²) in [6.45, 7) is 14.2. The zero-order chi connectivity index (χ0) is 74.6. The summed E-state index contributed by atoms with van der Waals surface area (Å²) in [7, 11) is -9.92. The second-order valence-electron chi connectivity index (χ2n) is 31.2. The Morgan fingerprint density at radius 3 is 0.703 bits per heavy atom. The van der Waals surface area contributed by atoms with Gasteiger partial charge in [0.1, 0.15) is 19.3 Å². The summed E-state index contributed by atoms with van der Waals surface area (Å²) < 4.78 is 68.7. The average Bonchev–Trinajstić information content (AvgIpc) is 0.948. The second-order valence-corrected chi connectivity index (χ2v) is 34.1. The Kier molecular flexibility index (Phi) is 69.6. The van der Waals surface area contributed by atoms with Crippen molar-refractivity contribution in [2.45, 2.75) is 440 Å². The minimum atomic E-state index is -4.96. The molecule has 0 rings (SSSR count). The first-order chi connectivity index (χ1) is 48.6. The predicted octanol–water partition coefficient (Wildman–Crippen LogP) is 24.4. The highest BCUT2D eigenvalue weighted by Crippen LogP contribution is 2.45. The largest absolute Gasteiger partial charge is 0.472 e. The zero-order valence-electron chi connectivity index (χ0n) is 66.5. The van der Waals surface area contributed by atoms with Gasteiger partial charge in [0.05, 0.1) is 26.4 Å². The van der Waals surface area contributed by atoms with Gasteiger partial charge >= 0.3 is 39.5 Å². The number of ether oxygens (including phenoxy) is 4. The molecule has 6 atom stereocenters. The Bertz CT molecular complexity index is 1970. The van der Waals surface area contributed by atoms with Crippen molar-refractivity contribution in [3.8, 4) is 0 Å². The quantitative estimate of drug-likeness (QED) is 0.0222. The minimum Gasteiger partial charge on any atom is -0.462 e. The van der Waals surface area contributed by atoms with Crippen molar-refractivity contribution in [1.82, 2.24) is 0 Å². The van der Waals surface area contributed by atoms with E-state index in [-0.39, 0.29) is 25.7 Å². The SMILES string of the molecule is CCC(C)CCCCCCCCCCCCCCCCCCCCC(=O)OC[C@H](COP(=O)(O)OCC(O)COP(=O)(O)OC[C@@H](COC(=O)CCCCCCCCC(C)C)OC(=O)CCCCCCCCCCCCCCCCCC(C)C)OC(=O)CCCCCCCCCCCC(C)C. The number of hydrogen-bond donors (Lipinski definition) is 3. The molecule has 19 heteroatoms. The van der Waals surface area contributed by atoms with Crippen LogP contribution in [0.5, 0.6) is 0 Å². The summed E-state index contributed by atoms with van der Waals surface area (Å²) in [5.41, 5.74) is 0. The molecule has 0 aliphatic rings. The third-order valence-electron chi connectivity index (χ3n) is 19.4. The summed E-state index contributed by atoms with van der Waals surface area (Å²) >= 11 is 0. The number of esters is 4. The Morgan fingerprint density at radius 2 is 0.475 bits per heavy atom. The number of aliphatic hydroxyl groups excluding tert-OH is 1.